The highest BCUT2D eigenvalue weighted by molar-refractivity contribution is 6.28. The van der Waals surface area contributed by atoms with E-state index < -0.39 is 0 Å². The maximum absolute atomic E-state index is 9.04. The molecular weight excluding hydrogens is 198 g/mol. The first-order chi connectivity index (χ1) is 6.74. The summed E-state index contributed by atoms with van der Waals surface area (Å²) >= 11 is 5.67. The highest BCUT2D eigenvalue weighted by Gasteiger charge is 2.37. The topological polar surface area (TPSA) is 49.6 Å². The first-order valence-corrected chi connectivity index (χ1v) is 5.01. The summed E-state index contributed by atoms with van der Waals surface area (Å²) in [6.45, 7) is 0. The third kappa shape index (κ3) is 1.71. The van der Waals surface area contributed by atoms with Gasteiger partial charge < -0.3 is 0 Å². The van der Waals surface area contributed by atoms with E-state index >= 15 is 0 Å². The number of nitriles is 1. The third-order valence-corrected chi connectivity index (χ3v) is 2.93. The van der Waals surface area contributed by atoms with Crippen molar-refractivity contribution >= 4 is 11.6 Å². The summed E-state index contributed by atoms with van der Waals surface area (Å²) in [6.07, 6.45) is 5.43. The van der Waals surface area contributed by atoms with Crippen LogP contribution in [0.5, 0.6) is 0 Å². The van der Waals surface area contributed by atoms with Crippen molar-refractivity contribution in [1.29, 1.82) is 5.26 Å². The van der Waals surface area contributed by atoms with Gasteiger partial charge in [-0.05, 0) is 30.5 Å². The van der Waals surface area contributed by atoms with Crippen molar-refractivity contribution < 1.29 is 0 Å². The molecule has 1 fully saturated rings. The molecule has 0 bridgehead atoms. The van der Waals surface area contributed by atoms with E-state index in [9.17, 15) is 0 Å². The van der Waals surface area contributed by atoms with Crippen LogP contribution in [-0.4, -0.2) is 9.97 Å². The molecule has 3 nitrogen and oxygen atoms in total. The van der Waals surface area contributed by atoms with Crippen molar-refractivity contribution in [3.63, 3.8) is 0 Å². The first kappa shape index (κ1) is 9.42. The maximum atomic E-state index is 9.04. The van der Waals surface area contributed by atoms with Crippen LogP contribution >= 0.6 is 11.6 Å². The lowest BCUT2D eigenvalue weighted by Gasteiger charge is -2.34. The first-order valence-electron chi connectivity index (χ1n) is 4.63. The summed E-state index contributed by atoms with van der Waals surface area (Å²) in [5.41, 5.74) is 0.684. The molecule has 0 radical (unpaired) electrons. The van der Waals surface area contributed by atoms with E-state index in [1.165, 1.54) is 0 Å². The van der Waals surface area contributed by atoms with Gasteiger partial charge in [-0.15, -0.1) is 0 Å². The zero-order valence-corrected chi connectivity index (χ0v) is 8.46. The van der Waals surface area contributed by atoms with Gasteiger partial charge in [0, 0.05) is 18.3 Å². The van der Waals surface area contributed by atoms with Crippen LogP contribution < -0.4 is 0 Å². The Balaban J connectivity index is 2.14. The molecule has 0 aliphatic heterocycles. The van der Waals surface area contributed by atoms with Gasteiger partial charge in [-0.25, -0.2) is 9.97 Å². The SMILES string of the molecule is N#CC1(Cc2ccnc(Cl)n2)CCC1. The predicted octanol–water partition coefficient (Wildman–Crippen LogP) is 2.37. The predicted molar refractivity (Wildman–Crippen MR) is 52.6 cm³/mol. The van der Waals surface area contributed by atoms with Gasteiger partial charge in [0.1, 0.15) is 0 Å². The minimum Gasteiger partial charge on any atom is -0.227 e. The second-order valence-electron chi connectivity index (χ2n) is 3.74. The zero-order chi connectivity index (χ0) is 10.0. The quantitative estimate of drug-likeness (QED) is 0.700. The van der Waals surface area contributed by atoms with E-state index in [4.69, 9.17) is 16.9 Å². The molecule has 72 valence electrons. The number of aromatic nitrogens is 2. The van der Waals surface area contributed by atoms with Crippen molar-refractivity contribution in [1.82, 2.24) is 9.97 Å². The Morgan fingerprint density at radius 2 is 2.36 bits per heavy atom. The molecule has 0 unspecified atom stereocenters. The smallest absolute Gasteiger partial charge is 0.222 e. The van der Waals surface area contributed by atoms with Crippen molar-refractivity contribution in [3.05, 3.63) is 23.2 Å². The molecule has 1 aliphatic rings. The molecule has 2 rings (SSSR count). The fourth-order valence-electron chi connectivity index (χ4n) is 1.75. The molecule has 1 saturated carbocycles. The summed E-state index contributed by atoms with van der Waals surface area (Å²) in [5, 5.41) is 9.30. The average molecular weight is 208 g/mol. The van der Waals surface area contributed by atoms with E-state index in [0.29, 0.717) is 6.42 Å². The van der Waals surface area contributed by atoms with Gasteiger partial charge in [0.2, 0.25) is 5.28 Å². The number of hydrogen-bond donors (Lipinski definition) is 0. The lowest BCUT2D eigenvalue weighted by molar-refractivity contribution is 0.212. The maximum Gasteiger partial charge on any atom is 0.222 e. The number of halogens is 1. The highest BCUT2D eigenvalue weighted by atomic mass is 35.5. The van der Waals surface area contributed by atoms with Crippen LogP contribution in [0.4, 0.5) is 0 Å². The second-order valence-corrected chi connectivity index (χ2v) is 4.08. The molecule has 4 heteroatoms. The molecular formula is C10H10ClN3. The minimum absolute atomic E-state index is 0.183. The number of rotatable bonds is 2. The van der Waals surface area contributed by atoms with Gasteiger partial charge in [0.05, 0.1) is 11.5 Å². The Kier molecular flexibility index (Phi) is 2.39. The van der Waals surface area contributed by atoms with Crippen LogP contribution in [0.25, 0.3) is 0 Å². The molecule has 0 amide bonds. The molecule has 0 N–H and O–H groups in total. The Morgan fingerprint density at radius 3 is 2.86 bits per heavy atom. The van der Waals surface area contributed by atoms with Crippen LogP contribution in [0.2, 0.25) is 5.28 Å². The van der Waals surface area contributed by atoms with Crippen molar-refractivity contribution in [3.8, 4) is 6.07 Å². The number of hydrogen-bond acceptors (Lipinski definition) is 3. The van der Waals surface area contributed by atoms with Gasteiger partial charge in [-0.2, -0.15) is 5.26 Å². The van der Waals surface area contributed by atoms with Crippen LogP contribution in [-0.2, 0) is 6.42 Å². The Bertz CT molecular complexity index is 379. The fraction of sp³-hybridized carbons (Fsp3) is 0.500. The molecule has 0 saturated heterocycles. The second kappa shape index (κ2) is 3.55. The van der Waals surface area contributed by atoms with Crippen molar-refractivity contribution in [2.45, 2.75) is 25.7 Å². The van der Waals surface area contributed by atoms with Crippen molar-refractivity contribution in [2.75, 3.05) is 0 Å². The van der Waals surface area contributed by atoms with Crippen LogP contribution in [0.1, 0.15) is 25.0 Å². The lowest BCUT2D eigenvalue weighted by atomic mass is 9.67. The Morgan fingerprint density at radius 1 is 1.57 bits per heavy atom. The summed E-state index contributed by atoms with van der Waals surface area (Å²) < 4.78 is 0. The van der Waals surface area contributed by atoms with E-state index in [0.717, 1.165) is 25.0 Å². The number of nitrogens with zero attached hydrogens (tertiary/aromatic N) is 3. The van der Waals surface area contributed by atoms with Gasteiger partial charge in [-0.3, -0.25) is 0 Å². The largest absolute Gasteiger partial charge is 0.227 e. The molecule has 0 aromatic carbocycles. The molecule has 1 aromatic rings. The van der Waals surface area contributed by atoms with E-state index in [-0.39, 0.29) is 10.7 Å². The van der Waals surface area contributed by atoms with E-state index in [1.54, 1.807) is 6.20 Å². The highest BCUT2D eigenvalue weighted by Crippen LogP contribution is 2.42. The van der Waals surface area contributed by atoms with Crippen LogP contribution in [0, 0.1) is 16.7 Å². The van der Waals surface area contributed by atoms with Gasteiger partial charge >= 0.3 is 0 Å². The Labute approximate surface area is 87.8 Å². The van der Waals surface area contributed by atoms with Gasteiger partial charge in [0.15, 0.2) is 0 Å². The summed E-state index contributed by atoms with van der Waals surface area (Å²) in [6, 6.07) is 4.20. The minimum atomic E-state index is -0.183. The molecule has 1 aromatic heterocycles. The average Bonchev–Trinajstić information content (AvgIpc) is 2.11. The molecule has 1 aliphatic carbocycles. The fourth-order valence-corrected chi connectivity index (χ4v) is 1.91. The zero-order valence-electron chi connectivity index (χ0n) is 7.70. The van der Waals surface area contributed by atoms with E-state index in [2.05, 4.69) is 16.0 Å². The van der Waals surface area contributed by atoms with Gasteiger partial charge in [-0.1, -0.05) is 6.42 Å². The third-order valence-electron chi connectivity index (χ3n) is 2.75. The van der Waals surface area contributed by atoms with Crippen LogP contribution in [0.15, 0.2) is 12.3 Å². The normalized spacial score (nSPS) is 18.3. The monoisotopic (exact) mass is 207 g/mol. The lowest BCUT2D eigenvalue weighted by Crippen LogP contribution is -2.30. The van der Waals surface area contributed by atoms with Crippen molar-refractivity contribution in [2.24, 2.45) is 5.41 Å². The Hall–Kier alpha value is -1.14. The standard InChI is InChI=1S/C10H10ClN3/c11-9-13-5-2-8(14-9)6-10(7-12)3-1-4-10/h2,5H,1,3-4,6H2. The summed E-state index contributed by atoms with van der Waals surface area (Å²) in [4.78, 5) is 7.90. The van der Waals surface area contributed by atoms with Crippen LogP contribution in [0.3, 0.4) is 0 Å². The molecule has 0 atom stereocenters. The molecule has 1 heterocycles. The molecule has 0 spiro atoms. The van der Waals surface area contributed by atoms with Gasteiger partial charge in [0.25, 0.3) is 0 Å². The summed E-state index contributed by atoms with van der Waals surface area (Å²) in [5.74, 6) is 0. The summed E-state index contributed by atoms with van der Waals surface area (Å²) in [7, 11) is 0. The molecule has 14 heavy (non-hydrogen) atoms. The van der Waals surface area contributed by atoms with E-state index in [1.807, 2.05) is 6.07 Å².